The highest BCUT2D eigenvalue weighted by Gasteiger charge is 2.35. The molecular formula is C18H34N2OS. The van der Waals surface area contributed by atoms with Crippen LogP contribution >= 0.6 is 12.6 Å². The zero-order valence-electron chi connectivity index (χ0n) is 14.5. The van der Waals surface area contributed by atoms with Gasteiger partial charge in [-0.25, -0.2) is 0 Å². The maximum absolute atomic E-state index is 10.9. The Balaban J connectivity index is 2.13. The van der Waals surface area contributed by atoms with Crippen LogP contribution in [0.3, 0.4) is 0 Å². The monoisotopic (exact) mass is 326 g/mol. The summed E-state index contributed by atoms with van der Waals surface area (Å²) in [5, 5.41) is 16.5. The van der Waals surface area contributed by atoms with Crippen molar-refractivity contribution in [2.24, 2.45) is 11.8 Å². The van der Waals surface area contributed by atoms with Crippen LogP contribution in [0, 0.1) is 11.8 Å². The molecule has 2 aliphatic heterocycles. The topological polar surface area (TPSA) is 35.5 Å². The van der Waals surface area contributed by atoms with Crippen molar-refractivity contribution < 1.29 is 5.11 Å². The number of hydrogen-bond acceptors (Lipinski definition) is 4. The van der Waals surface area contributed by atoms with Gasteiger partial charge in [-0.3, -0.25) is 4.90 Å². The Labute approximate surface area is 142 Å². The summed E-state index contributed by atoms with van der Waals surface area (Å²) in [6.45, 7) is 9.77. The van der Waals surface area contributed by atoms with Gasteiger partial charge in [-0.1, -0.05) is 18.9 Å². The van der Waals surface area contributed by atoms with E-state index in [0.717, 1.165) is 45.3 Å². The summed E-state index contributed by atoms with van der Waals surface area (Å²) in [7, 11) is 0. The quantitative estimate of drug-likeness (QED) is 0.693. The van der Waals surface area contributed by atoms with E-state index in [-0.39, 0.29) is 0 Å². The molecule has 4 atom stereocenters. The molecule has 4 heteroatoms. The molecule has 0 spiro atoms. The number of aliphatic hydroxyl groups is 1. The lowest BCUT2D eigenvalue weighted by Gasteiger charge is -2.34. The molecule has 2 aliphatic rings. The summed E-state index contributed by atoms with van der Waals surface area (Å²) in [5.74, 6) is 0.982. The second-order valence-corrected chi connectivity index (χ2v) is 7.74. The zero-order chi connectivity index (χ0) is 16.2. The van der Waals surface area contributed by atoms with Crippen molar-refractivity contribution in [3.8, 4) is 0 Å². The highest BCUT2D eigenvalue weighted by Crippen LogP contribution is 2.36. The Kier molecular flexibility index (Phi) is 6.81. The van der Waals surface area contributed by atoms with Gasteiger partial charge < -0.3 is 10.4 Å². The fraction of sp³-hybridized carbons (Fsp3) is 0.889. The Morgan fingerprint density at radius 1 is 1.36 bits per heavy atom. The fourth-order valence-corrected chi connectivity index (χ4v) is 4.48. The predicted molar refractivity (Wildman–Crippen MR) is 97.1 cm³/mol. The van der Waals surface area contributed by atoms with Gasteiger partial charge in [0.2, 0.25) is 0 Å². The molecule has 22 heavy (non-hydrogen) atoms. The molecular weight excluding hydrogens is 292 g/mol. The average molecular weight is 327 g/mol. The Hall–Kier alpha value is -0.0300. The first-order valence-electron chi connectivity index (χ1n) is 8.98. The van der Waals surface area contributed by atoms with Gasteiger partial charge in [-0.15, -0.1) is 0 Å². The Morgan fingerprint density at radius 2 is 2.14 bits per heavy atom. The largest absolute Gasteiger partial charge is 0.390 e. The summed E-state index contributed by atoms with van der Waals surface area (Å²) < 4.78 is 0. The van der Waals surface area contributed by atoms with Crippen LogP contribution in [-0.2, 0) is 0 Å². The standard InChI is InChI=1S/C18H34N2OS/c1-4-8-18(3,21)16-6-5-15(14(2)13-22)12-17-19-9-11-20(17)10-7-16/h13,15-17,19,21-22H,4-12H2,1-3H3/b14-13-/t15-,16+,17+,18+/m0/s1. The van der Waals surface area contributed by atoms with Crippen LogP contribution in [-0.4, -0.2) is 41.4 Å². The lowest BCUT2D eigenvalue weighted by molar-refractivity contribution is -0.0201. The third-order valence-corrected chi connectivity index (χ3v) is 6.25. The molecule has 128 valence electrons. The van der Waals surface area contributed by atoms with E-state index < -0.39 is 5.60 Å². The second kappa shape index (κ2) is 8.18. The molecule has 0 aromatic rings. The SMILES string of the molecule is CCC[C@@](C)(O)[C@@H]1CC[C@H](/C(C)=C\S)C[C@@H]2NCCN2CC1. The van der Waals surface area contributed by atoms with Crippen LogP contribution in [0.5, 0.6) is 0 Å². The van der Waals surface area contributed by atoms with Crippen molar-refractivity contribution in [1.82, 2.24) is 10.2 Å². The van der Waals surface area contributed by atoms with Crippen LogP contribution in [0.2, 0.25) is 0 Å². The molecule has 0 radical (unpaired) electrons. The minimum atomic E-state index is -0.523. The highest BCUT2D eigenvalue weighted by atomic mass is 32.1. The highest BCUT2D eigenvalue weighted by molar-refractivity contribution is 7.83. The van der Waals surface area contributed by atoms with Gasteiger partial charge in [0, 0.05) is 19.6 Å². The average Bonchev–Trinajstić information content (AvgIpc) is 2.93. The van der Waals surface area contributed by atoms with E-state index in [1.54, 1.807) is 0 Å². The maximum Gasteiger partial charge on any atom is 0.0648 e. The van der Waals surface area contributed by atoms with Crippen LogP contribution in [0.15, 0.2) is 11.0 Å². The molecule has 2 rings (SSSR count). The van der Waals surface area contributed by atoms with Gasteiger partial charge in [0.15, 0.2) is 0 Å². The third kappa shape index (κ3) is 4.50. The first-order chi connectivity index (χ1) is 10.5. The van der Waals surface area contributed by atoms with Gasteiger partial charge in [0.25, 0.3) is 0 Å². The summed E-state index contributed by atoms with van der Waals surface area (Å²) in [6.07, 6.45) is 7.04. The molecule has 2 heterocycles. The van der Waals surface area contributed by atoms with E-state index >= 15 is 0 Å². The van der Waals surface area contributed by atoms with Gasteiger partial charge in [0.05, 0.1) is 11.8 Å². The molecule has 2 saturated heterocycles. The van der Waals surface area contributed by atoms with Crippen LogP contribution in [0.4, 0.5) is 0 Å². The van der Waals surface area contributed by atoms with Crippen molar-refractivity contribution in [2.45, 2.75) is 71.1 Å². The number of fused-ring (bicyclic) bond motifs is 1. The predicted octanol–water partition coefficient (Wildman–Crippen LogP) is 3.41. The lowest BCUT2D eigenvalue weighted by atomic mass is 9.78. The number of hydrogen-bond donors (Lipinski definition) is 3. The molecule has 2 fully saturated rings. The minimum absolute atomic E-state index is 0.405. The number of allylic oxidation sites excluding steroid dienone is 1. The smallest absolute Gasteiger partial charge is 0.0648 e. The molecule has 0 bridgehead atoms. The van der Waals surface area contributed by atoms with E-state index in [1.807, 2.05) is 5.41 Å². The summed E-state index contributed by atoms with van der Waals surface area (Å²) in [4.78, 5) is 2.58. The van der Waals surface area contributed by atoms with E-state index in [9.17, 15) is 5.11 Å². The lowest BCUT2D eigenvalue weighted by Crippen LogP contribution is -2.39. The molecule has 0 aromatic heterocycles. The Bertz CT molecular complexity index is 383. The number of nitrogens with one attached hydrogen (secondary N) is 1. The van der Waals surface area contributed by atoms with E-state index in [4.69, 9.17) is 0 Å². The number of thiol groups is 1. The van der Waals surface area contributed by atoms with Crippen molar-refractivity contribution in [2.75, 3.05) is 19.6 Å². The van der Waals surface area contributed by atoms with Crippen molar-refractivity contribution in [3.63, 3.8) is 0 Å². The van der Waals surface area contributed by atoms with Crippen molar-refractivity contribution in [1.29, 1.82) is 0 Å². The Morgan fingerprint density at radius 3 is 2.82 bits per heavy atom. The van der Waals surface area contributed by atoms with Gasteiger partial charge >= 0.3 is 0 Å². The normalized spacial score (nSPS) is 34.4. The summed E-state index contributed by atoms with van der Waals surface area (Å²) in [6, 6.07) is 0. The van der Waals surface area contributed by atoms with E-state index in [0.29, 0.717) is 18.0 Å². The van der Waals surface area contributed by atoms with Crippen molar-refractivity contribution >= 4 is 12.6 Å². The zero-order valence-corrected chi connectivity index (χ0v) is 15.4. The molecule has 0 amide bonds. The van der Waals surface area contributed by atoms with Crippen molar-refractivity contribution in [3.05, 3.63) is 11.0 Å². The van der Waals surface area contributed by atoms with Gasteiger partial charge in [0.1, 0.15) is 0 Å². The van der Waals surface area contributed by atoms with Crippen LogP contribution < -0.4 is 5.32 Å². The fourth-order valence-electron chi connectivity index (χ4n) is 4.27. The minimum Gasteiger partial charge on any atom is -0.390 e. The second-order valence-electron chi connectivity index (χ2n) is 7.48. The number of nitrogens with zero attached hydrogens (tertiary/aromatic N) is 1. The van der Waals surface area contributed by atoms with Gasteiger partial charge in [-0.05, 0) is 63.2 Å². The molecule has 3 nitrogen and oxygen atoms in total. The molecule has 2 N–H and O–H groups in total. The molecule has 0 saturated carbocycles. The van der Waals surface area contributed by atoms with E-state index in [2.05, 4.69) is 43.6 Å². The molecule has 0 aromatic carbocycles. The maximum atomic E-state index is 10.9. The van der Waals surface area contributed by atoms with Gasteiger partial charge in [-0.2, -0.15) is 12.6 Å². The molecule has 0 aliphatic carbocycles. The number of rotatable bonds is 4. The summed E-state index contributed by atoms with van der Waals surface area (Å²) >= 11 is 4.38. The summed E-state index contributed by atoms with van der Waals surface area (Å²) in [5.41, 5.74) is 0.859. The first-order valence-corrected chi connectivity index (χ1v) is 9.50. The molecule has 0 unspecified atom stereocenters. The van der Waals surface area contributed by atoms with E-state index in [1.165, 1.54) is 18.4 Å². The van der Waals surface area contributed by atoms with Crippen LogP contribution in [0.25, 0.3) is 0 Å². The van der Waals surface area contributed by atoms with Crippen LogP contribution in [0.1, 0.15) is 59.3 Å². The third-order valence-electron chi connectivity index (χ3n) is 5.84. The first kappa shape index (κ1) is 18.3.